The zero-order chi connectivity index (χ0) is 25.6. The first-order chi connectivity index (χ1) is 17.2. The van der Waals surface area contributed by atoms with Gasteiger partial charge in [0.25, 0.3) is 11.5 Å². The molecule has 2 amide bonds. The van der Waals surface area contributed by atoms with Crippen molar-refractivity contribution in [2.75, 3.05) is 26.2 Å². The van der Waals surface area contributed by atoms with Crippen LogP contribution in [0.2, 0.25) is 0 Å². The van der Waals surface area contributed by atoms with Crippen LogP contribution in [0.3, 0.4) is 0 Å². The first-order valence-corrected chi connectivity index (χ1v) is 12.3. The highest BCUT2D eigenvalue weighted by Crippen LogP contribution is 2.54. The van der Waals surface area contributed by atoms with E-state index in [1.54, 1.807) is 24.3 Å². The molecule has 2 saturated heterocycles. The Morgan fingerprint density at radius 2 is 1.81 bits per heavy atom. The second-order valence-electron chi connectivity index (χ2n) is 9.78. The molecule has 2 bridgehead atoms. The van der Waals surface area contributed by atoms with Crippen molar-refractivity contribution < 1.29 is 32.2 Å². The highest BCUT2D eigenvalue weighted by Gasteiger charge is 2.65. The van der Waals surface area contributed by atoms with E-state index in [1.807, 2.05) is 6.92 Å². The summed E-state index contributed by atoms with van der Waals surface area (Å²) < 4.78 is 56.6. The molecular weight excluding hydrogens is 473 g/mol. The minimum atomic E-state index is -5.00. The molecule has 2 aromatic rings. The average Bonchev–Trinajstić information content (AvgIpc) is 2.88. The fourth-order valence-corrected chi connectivity index (χ4v) is 6.14. The van der Waals surface area contributed by atoms with E-state index in [1.165, 1.54) is 29.2 Å². The van der Waals surface area contributed by atoms with E-state index in [9.17, 15) is 22.8 Å². The summed E-state index contributed by atoms with van der Waals surface area (Å²) in [6, 6.07) is 12.4. The first-order valence-electron chi connectivity index (χ1n) is 12.3. The summed E-state index contributed by atoms with van der Waals surface area (Å²) in [5.74, 6) is -0.799. The number of amides is 2. The molecule has 0 radical (unpaired) electrons. The normalized spacial score (nSPS) is 28.6. The molecule has 2 aromatic carbocycles. The number of nitrogens with zero attached hydrogens (tertiary/aromatic N) is 1. The fraction of sp³-hybridized carbons (Fsp3) is 0.481. The summed E-state index contributed by atoms with van der Waals surface area (Å²) in [7, 11) is 0. The summed E-state index contributed by atoms with van der Waals surface area (Å²) in [5.41, 5.74) is -2.61. The lowest BCUT2D eigenvalue weighted by Gasteiger charge is -2.50. The van der Waals surface area contributed by atoms with Gasteiger partial charge in [0, 0.05) is 43.1 Å². The number of piperidine rings is 2. The Bertz CT molecular complexity index is 1150. The van der Waals surface area contributed by atoms with E-state index in [0.29, 0.717) is 37.3 Å². The molecular formula is C27H29F3N2O4. The summed E-state index contributed by atoms with van der Waals surface area (Å²) in [6.07, 6.45) is -3.92. The Balaban J connectivity index is 1.73. The molecule has 0 saturated carbocycles. The number of carbonyl (C=O) groups is 2. The summed E-state index contributed by atoms with van der Waals surface area (Å²) in [6.45, 7) is 2.37. The third kappa shape index (κ3) is 3.84. The zero-order valence-electron chi connectivity index (χ0n) is 20.1. The van der Waals surface area contributed by atoms with Crippen molar-refractivity contribution in [2.45, 2.75) is 50.5 Å². The summed E-state index contributed by atoms with van der Waals surface area (Å²) in [4.78, 5) is 27.6. The van der Waals surface area contributed by atoms with Gasteiger partial charge in [-0.1, -0.05) is 42.5 Å². The molecule has 192 valence electrons. The summed E-state index contributed by atoms with van der Waals surface area (Å²) in [5, 5.41) is 2.95. The van der Waals surface area contributed by atoms with Crippen molar-refractivity contribution in [1.29, 1.82) is 0 Å². The lowest BCUT2D eigenvalue weighted by molar-refractivity contribution is -0.281. The predicted molar refractivity (Wildman–Crippen MR) is 125 cm³/mol. The average molecular weight is 503 g/mol. The highest BCUT2D eigenvalue weighted by atomic mass is 19.4. The van der Waals surface area contributed by atoms with Crippen LogP contribution < -0.4 is 10.1 Å². The van der Waals surface area contributed by atoms with Crippen LogP contribution in [0.15, 0.2) is 48.5 Å². The van der Waals surface area contributed by atoms with Gasteiger partial charge in [-0.2, -0.15) is 13.2 Å². The molecule has 1 N–H and O–H groups in total. The molecule has 0 aliphatic carbocycles. The van der Waals surface area contributed by atoms with Crippen molar-refractivity contribution in [1.82, 2.24) is 10.2 Å². The van der Waals surface area contributed by atoms with Crippen molar-refractivity contribution in [2.24, 2.45) is 5.41 Å². The van der Waals surface area contributed by atoms with Crippen LogP contribution in [0.4, 0.5) is 13.2 Å². The number of hydrogen-bond acceptors (Lipinski definition) is 4. The van der Waals surface area contributed by atoms with Gasteiger partial charge in [0.05, 0.1) is 13.2 Å². The maximum atomic E-state index is 15.0. The van der Waals surface area contributed by atoms with Crippen LogP contribution in [0.25, 0.3) is 0 Å². The molecule has 36 heavy (non-hydrogen) atoms. The maximum absolute atomic E-state index is 15.0. The monoisotopic (exact) mass is 502 g/mol. The fourth-order valence-electron chi connectivity index (χ4n) is 6.14. The lowest BCUT2D eigenvalue weighted by atomic mass is 9.61. The van der Waals surface area contributed by atoms with Crippen LogP contribution in [-0.2, 0) is 26.5 Å². The molecule has 4 heterocycles. The van der Waals surface area contributed by atoms with E-state index < -0.39 is 29.7 Å². The number of benzene rings is 2. The molecule has 1 spiro atoms. The number of nitrogens with one attached hydrogen (secondary N) is 1. The lowest BCUT2D eigenvalue weighted by Crippen LogP contribution is -2.60. The van der Waals surface area contributed by atoms with Crippen molar-refractivity contribution >= 4 is 11.8 Å². The zero-order valence-corrected chi connectivity index (χ0v) is 20.1. The molecule has 6 rings (SSSR count). The van der Waals surface area contributed by atoms with E-state index in [-0.39, 0.29) is 36.9 Å². The van der Waals surface area contributed by atoms with E-state index in [0.717, 1.165) is 5.56 Å². The number of ether oxygens (including phenoxy) is 2. The number of carbonyl (C=O) groups excluding carboxylic acids is 2. The van der Waals surface area contributed by atoms with Crippen LogP contribution in [0.1, 0.15) is 48.8 Å². The predicted octanol–water partition coefficient (Wildman–Crippen LogP) is 4.29. The van der Waals surface area contributed by atoms with Gasteiger partial charge in [-0.3, -0.25) is 9.59 Å². The first kappa shape index (κ1) is 24.6. The van der Waals surface area contributed by atoms with Crippen molar-refractivity contribution in [3.63, 3.8) is 0 Å². The van der Waals surface area contributed by atoms with Gasteiger partial charge in [0.1, 0.15) is 5.75 Å². The Labute approximate surface area is 207 Å². The second kappa shape index (κ2) is 9.10. The molecule has 1 unspecified atom stereocenters. The highest BCUT2D eigenvalue weighted by molar-refractivity contribution is 5.88. The van der Waals surface area contributed by atoms with Crippen molar-refractivity contribution in [3.8, 4) is 5.75 Å². The largest absolute Gasteiger partial charge is 0.494 e. The van der Waals surface area contributed by atoms with Gasteiger partial charge < -0.3 is 19.7 Å². The van der Waals surface area contributed by atoms with E-state index in [2.05, 4.69) is 5.32 Å². The Morgan fingerprint density at radius 1 is 1.08 bits per heavy atom. The number of hydrogen-bond donors (Lipinski definition) is 1. The maximum Gasteiger partial charge on any atom is 0.431 e. The number of halogens is 3. The quantitative estimate of drug-likeness (QED) is 0.680. The number of alkyl halides is 3. The Morgan fingerprint density at radius 3 is 2.47 bits per heavy atom. The van der Waals surface area contributed by atoms with Gasteiger partial charge >= 0.3 is 6.18 Å². The van der Waals surface area contributed by atoms with Crippen LogP contribution >= 0.6 is 0 Å². The van der Waals surface area contributed by atoms with Crippen LogP contribution in [-0.4, -0.2) is 49.1 Å². The molecule has 4 aliphatic rings. The Hall–Kier alpha value is -3.07. The van der Waals surface area contributed by atoms with Crippen LogP contribution in [0.5, 0.6) is 5.75 Å². The molecule has 2 fully saturated rings. The molecule has 2 atom stereocenters. The topological polar surface area (TPSA) is 67.9 Å². The summed E-state index contributed by atoms with van der Waals surface area (Å²) >= 11 is 0. The number of rotatable bonds is 3. The van der Waals surface area contributed by atoms with Crippen molar-refractivity contribution in [3.05, 3.63) is 65.2 Å². The van der Waals surface area contributed by atoms with Gasteiger partial charge in [-0.25, -0.2) is 0 Å². The third-order valence-corrected chi connectivity index (χ3v) is 7.93. The minimum absolute atomic E-state index is 0.0819. The third-order valence-electron chi connectivity index (χ3n) is 7.93. The second-order valence-corrected chi connectivity index (χ2v) is 9.78. The van der Waals surface area contributed by atoms with E-state index in [4.69, 9.17) is 9.47 Å². The van der Waals surface area contributed by atoms with Gasteiger partial charge in [-0.05, 0) is 36.8 Å². The molecule has 6 nitrogen and oxygen atoms in total. The molecule has 0 aromatic heterocycles. The minimum Gasteiger partial charge on any atom is -0.494 e. The standard InChI is InChI=1S/C27H29F3N2O4/c1-2-35-21-10-6-7-18-17-36-26(27(28,29)30,19-8-4-3-5-9-19)24(34)32-13-11-25(12-14-32)15-22(33)31-16-20(25)23(18)21/h3-10,20H,2,11-17H2,1H3,(H,31,33)/t20?,26-/m1/s1. The Kier molecular flexibility index (Phi) is 6.22. The van der Waals surface area contributed by atoms with Gasteiger partial charge in [-0.15, -0.1) is 0 Å². The SMILES string of the molecule is CCOc1cccc2c1C1CNC(=O)CC13CCN(CC3)C(=O)[C@](c1ccccc1)(C(F)(F)F)OC2. The van der Waals surface area contributed by atoms with Gasteiger partial charge in [0.2, 0.25) is 5.91 Å². The molecule has 4 aliphatic heterocycles. The smallest absolute Gasteiger partial charge is 0.431 e. The van der Waals surface area contributed by atoms with Crippen LogP contribution in [0, 0.1) is 5.41 Å². The molecule has 9 heteroatoms. The van der Waals surface area contributed by atoms with E-state index >= 15 is 0 Å². The van der Waals surface area contributed by atoms with Gasteiger partial charge in [0.15, 0.2) is 0 Å². The number of fused-ring (bicyclic) bond motifs is 5.